The van der Waals surface area contributed by atoms with Crippen molar-refractivity contribution in [3.05, 3.63) is 69.2 Å². The van der Waals surface area contributed by atoms with Gasteiger partial charge in [0.25, 0.3) is 5.91 Å². The lowest BCUT2D eigenvalue weighted by Gasteiger charge is -2.21. The van der Waals surface area contributed by atoms with E-state index in [9.17, 15) is 4.79 Å². The number of halogens is 1. The van der Waals surface area contributed by atoms with Gasteiger partial charge in [-0.05, 0) is 54.8 Å². The molecule has 30 heavy (non-hydrogen) atoms. The first-order valence-electron chi connectivity index (χ1n) is 9.63. The molecule has 2 atom stereocenters. The Morgan fingerprint density at radius 3 is 2.83 bits per heavy atom. The number of rotatable bonds is 8. The van der Waals surface area contributed by atoms with Gasteiger partial charge in [-0.3, -0.25) is 9.79 Å². The maximum Gasteiger partial charge on any atom is 0.274 e. The highest BCUT2D eigenvalue weighted by Crippen LogP contribution is 2.39. The number of fused-ring (bicyclic) bond motifs is 1. The van der Waals surface area contributed by atoms with Gasteiger partial charge in [0.05, 0.1) is 10.2 Å². The minimum absolute atomic E-state index is 0.172. The van der Waals surface area contributed by atoms with Crippen molar-refractivity contribution in [2.45, 2.75) is 26.2 Å². The van der Waals surface area contributed by atoms with E-state index >= 15 is 0 Å². The van der Waals surface area contributed by atoms with Gasteiger partial charge in [0, 0.05) is 22.0 Å². The third kappa shape index (κ3) is 5.12. The third-order valence-electron chi connectivity index (χ3n) is 4.98. The fourth-order valence-electron chi connectivity index (χ4n) is 3.27. The third-order valence-corrected chi connectivity index (χ3v) is 6.78. The Bertz CT molecular complexity index is 1090. The normalized spacial score (nSPS) is 13.8. The number of aliphatic imine (C=N–C) groups is 1. The number of thioether (sulfide) groups is 1. The van der Waals surface area contributed by atoms with Crippen LogP contribution in [0.5, 0.6) is 0 Å². The van der Waals surface area contributed by atoms with Crippen molar-refractivity contribution in [3.8, 4) is 0 Å². The van der Waals surface area contributed by atoms with Crippen LogP contribution in [0.4, 0.5) is 5.69 Å². The summed E-state index contributed by atoms with van der Waals surface area (Å²) in [6, 6.07) is 13.8. The number of hydrogen-bond acceptors (Lipinski definition) is 5. The lowest BCUT2D eigenvalue weighted by molar-refractivity contribution is -0.112. The fraction of sp³-hybridized carbons (Fsp3) is 0.261. The smallest absolute Gasteiger partial charge is 0.274 e. The largest absolute Gasteiger partial charge is 0.321 e. The second-order valence-electron chi connectivity index (χ2n) is 7.00. The monoisotopic (exact) mass is 457 g/mol. The molecule has 2 unspecified atom stereocenters. The van der Waals surface area contributed by atoms with Crippen molar-refractivity contribution in [3.63, 3.8) is 0 Å². The summed E-state index contributed by atoms with van der Waals surface area (Å²) in [5, 5.41) is 6.35. The summed E-state index contributed by atoms with van der Waals surface area (Å²) in [5.74, 6) is 0.311. The second kappa shape index (κ2) is 10.2. The van der Waals surface area contributed by atoms with Crippen LogP contribution >= 0.6 is 34.7 Å². The molecule has 1 amide bonds. The molecule has 2 aromatic carbocycles. The van der Waals surface area contributed by atoms with Crippen molar-refractivity contribution >= 4 is 63.2 Å². The van der Waals surface area contributed by atoms with E-state index in [1.165, 1.54) is 17.3 Å². The standard InChI is InChI=1S/C23H24ClN3OS2/c1-5-14(2)21(15-7-6-8-16(24)11-15)23-27-18-10-9-17(12-20(18)30-23)26-22(28)19(25-3)13-29-4/h6-14,21H,3,5H2,1-2,4H3,(H,26,28)/b19-13-. The van der Waals surface area contributed by atoms with E-state index < -0.39 is 0 Å². The summed E-state index contributed by atoms with van der Waals surface area (Å²) in [7, 11) is 0. The van der Waals surface area contributed by atoms with Crippen LogP contribution in [0, 0.1) is 5.92 Å². The molecule has 0 saturated carbocycles. The zero-order valence-electron chi connectivity index (χ0n) is 17.2. The van der Waals surface area contributed by atoms with E-state index in [1.807, 2.05) is 42.7 Å². The van der Waals surface area contributed by atoms with Crippen LogP contribution < -0.4 is 5.32 Å². The van der Waals surface area contributed by atoms with Crippen molar-refractivity contribution < 1.29 is 4.79 Å². The summed E-state index contributed by atoms with van der Waals surface area (Å²) in [6.07, 6.45) is 2.91. The first-order valence-corrected chi connectivity index (χ1v) is 12.1. The fourth-order valence-corrected chi connectivity index (χ4v) is 5.15. The molecule has 0 saturated heterocycles. The first kappa shape index (κ1) is 22.5. The van der Waals surface area contributed by atoms with Crippen molar-refractivity contribution in [1.82, 2.24) is 4.98 Å². The van der Waals surface area contributed by atoms with Crippen molar-refractivity contribution in [2.75, 3.05) is 11.6 Å². The number of nitrogens with one attached hydrogen (secondary N) is 1. The maximum atomic E-state index is 12.4. The summed E-state index contributed by atoms with van der Waals surface area (Å²) < 4.78 is 1.03. The Kier molecular flexibility index (Phi) is 7.69. The molecule has 156 valence electrons. The topological polar surface area (TPSA) is 54.4 Å². The number of anilines is 1. The quantitative estimate of drug-likeness (QED) is 0.293. The molecular formula is C23H24ClN3OS2. The molecule has 0 spiro atoms. The lowest BCUT2D eigenvalue weighted by Crippen LogP contribution is -2.12. The summed E-state index contributed by atoms with van der Waals surface area (Å²) in [4.78, 5) is 21.1. The molecule has 7 heteroatoms. The Labute approximate surface area is 190 Å². The number of hydrogen-bond donors (Lipinski definition) is 1. The highest BCUT2D eigenvalue weighted by Gasteiger charge is 2.24. The van der Waals surface area contributed by atoms with E-state index in [2.05, 4.69) is 36.9 Å². The first-order chi connectivity index (χ1) is 14.5. The van der Waals surface area contributed by atoms with E-state index in [0.29, 0.717) is 17.3 Å². The van der Waals surface area contributed by atoms with Gasteiger partial charge in [-0.25, -0.2) is 4.98 Å². The predicted octanol–water partition coefficient (Wildman–Crippen LogP) is 6.97. The highest BCUT2D eigenvalue weighted by molar-refractivity contribution is 8.01. The molecule has 3 rings (SSSR count). The van der Waals surface area contributed by atoms with Gasteiger partial charge in [0.2, 0.25) is 0 Å². The van der Waals surface area contributed by atoms with Crippen LogP contribution in [0.1, 0.15) is 36.8 Å². The molecule has 1 aromatic heterocycles. The van der Waals surface area contributed by atoms with Crippen LogP contribution in [0.25, 0.3) is 10.2 Å². The van der Waals surface area contributed by atoms with Gasteiger partial charge < -0.3 is 5.32 Å². The molecule has 1 heterocycles. The molecule has 0 aliphatic heterocycles. The molecule has 1 N–H and O–H groups in total. The van der Waals surface area contributed by atoms with Crippen LogP contribution in [-0.4, -0.2) is 23.9 Å². The molecule has 0 aliphatic rings. The molecule has 0 radical (unpaired) electrons. The zero-order valence-corrected chi connectivity index (χ0v) is 19.6. The molecule has 0 bridgehead atoms. The second-order valence-corrected chi connectivity index (χ2v) is 9.21. The van der Waals surface area contributed by atoms with E-state index in [4.69, 9.17) is 16.6 Å². The summed E-state index contributed by atoms with van der Waals surface area (Å²) in [5.41, 5.74) is 3.10. The number of benzene rings is 2. The Balaban J connectivity index is 1.95. The Morgan fingerprint density at radius 2 is 2.17 bits per heavy atom. The van der Waals surface area contributed by atoms with E-state index in [-0.39, 0.29) is 11.8 Å². The van der Waals surface area contributed by atoms with Crippen molar-refractivity contribution in [2.24, 2.45) is 10.9 Å². The molecule has 0 aliphatic carbocycles. The van der Waals surface area contributed by atoms with Gasteiger partial charge in [0.1, 0.15) is 10.7 Å². The van der Waals surface area contributed by atoms with Gasteiger partial charge in [0.15, 0.2) is 0 Å². The van der Waals surface area contributed by atoms with Crippen molar-refractivity contribution in [1.29, 1.82) is 0 Å². The SMILES string of the molecule is C=N/C(=C\SC)C(=O)Nc1ccc2nc(C(c3cccc(Cl)c3)C(C)CC)sc2c1. The van der Waals surface area contributed by atoms with E-state index in [1.54, 1.807) is 16.7 Å². The summed E-state index contributed by atoms with van der Waals surface area (Å²) >= 11 is 9.32. The molecule has 3 aromatic rings. The summed E-state index contributed by atoms with van der Waals surface area (Å²) in [6.45, 7) is 7.90. The average molecular weight is 458 g/mol. The number of thiazole rings is 1. The Morgan fingerprint density at radius 1 is 1.37 bits per heavy atom. The molecular weight excluding hydrogens is 434 g/mol. The van der Waals surface area contributed by atoms with Gasteiger partial charge in [-0.1, -0.05) is 44.0 Å². The van der Waals surface area contributed by atoms with Crippen LogP contribution in [-0.2, 0) is 4.79 Å². The number of aromatic nitrogens is 1. The zero-order chi connectivity index (χ0) is 21.7. The number of nitrogens with zero attached hydrogens (tertiary/aromatic N) is 2. The van der Waals surface area contributed by atoms with Gasteiger partial charge >= 0.3 is 0 Å². The maximum absolute atomic E-state index is 12.4. The molecule has 0 fully saturated rings. The van der Waals surface area contributed by atoms with Crippen LogP contribution in [0.2, 0.25) is 5.02 Å². The number of amides is 1. The minimum atomic E-state index is -0.278. The molecule has 4 nitrogen and oxygen atoms in total. The minimum Gasteiger partial charge on any atom is -0.321 e. The highest BCUT2D eigenvalue weighted by atomic mass is 35.5. The van der Waals surface area contributed by atoms with Gasteiger partial charge in [-0.15, -0.1) is 23.1 Å². The number of carbonyl (C=O) groups excluding carboxylic acids is 1. The predicted molar refractivity (Wildman–Crippen MR) is 132 cm³/mol. The van der Waals surface area contributed by atoms with E-state index in [0.717, 1.165) is 26.7 Å². The van der Waals surface area contributed by atoms with Gasteiger partial charge in [-0.2, -0.15) is 0 Å². The Hall–Kier alpha value is -2.15. The van der Waals surface area contributed by atoms with Crippen LogP contribution in [0.15, 0.2) is 58.6 Å². The lowest BCUT2D eigenvalue weighted by atomic mass is 9.86. The van der Waals surface area contributed by atoms with Crippen LogP contribution in [0.3, 0.4) is 0 Å². The average Bonchev–Trinajstić information content (AvgIpc) is 3.14. The number of carbonyl (C=O) groups is 1.